The van der Waals surface area contributed by atoms with Crippen LogP contribution in [-0.2, 0) is 6.42 Å². The number of benzene rings is 1. The molecule has 2 N–H and O–H groups in total. The number of para-hydroxylation sites is 1. The second-order valence-electron chi connectivity index (χ2n) is 6.32. The van der Waals surface area contributed by atoms with Gasteiger partial charge in [-0.1, -0.05) is 37.2 Å². The molecule has 0 aliphatic carbocycles. The molecule has 1 atom stereocenters. The van der Waals surface area contributed by atoms with E-state index >= 15 is 0 Å². The van der Waals surface area contributed by atoms with Crippen LogP contribution < -0.4 is 15.4 Å². The zero-order valence-electron chi connectivity index (χ0n) is 15.0. The van der Waals surface area contributed by atoms with Crippen LogP contribution in [0.3, 0.4) is 0 Å². The van der Waals surface area contributed by atoms with Gasteiger partial charge in [-0.25, -0.2) is 0 Å². The summed E-state index contributed by atoms with van der Waals surface area (Å²) >= 11 is 0. The van der Waals surface area contributed by atoms with Gasteiger partial charge in [0.25, 0.3) is 0 Å². The lowest BCUT2D eigenvalue weighted by Crippen LogP contribution is -2.41. The van der Waals surface area contributed by atoms with Crippen LogP contribution in [0.2, 0.25) is 0 Å². The molecule has 2 heterocycles. The second kappa shape index (κ2) is 8.00. The minimum atomic E-state index is 0.187. The Kier molecular flexibility index (Phi) is 5.53. The number of hydrogen-bond donors (Lipinski definition) is 2. The number of fused-ring (bicyclic) bond motifs is 1. The molecule has 134 valence electrons. The summed E-state index contributed by atoms with van der Waals surface area (Å²) < 4.78 is 11.0. The largest absolute Gasteiger partial charge is 0.493 e. The molecule has 3 rings (SSSR count). The van der Waals surface area contributed by atoms with E-state index in [1.165, 1.54) is 0 Å². The van der Waals surface area contributed by atoms with Crippen LogP contribution in [0.1, 0.15) is 49.5 Å². The molecule has 0 amide bonds. The van der Waals surface area contributed by atoms with Crippen molar-refractivity contribution in [2.45, 2.75) is 38.6 Å². The normalized spacial score (nSPS) is 17.1. The Morgan fingerprint density at radius 3 is 2.96 bits per heavy atom. The quantitative estimate of drug-likeness (QED) is 0.641. The van der Waals surface area contributed by atoms with Crippen molar-refractivity contribution in [3.63, 3.8) is 0 Å². The van der Waals surface area contributed by atoms with Crippen molar-refractivity contribution in [3.8, 4) is 5.75 Å². The van der Waals surface area contributed by atoms with E-state index in [0.29, 0.717) is 25.5 Å². The topological polar surface area (TPSA) is 84.6 Å². The average molecular weight is 343 g/mol. The van der Waals surface area contributed by atoms with E-state index in [0.717, 1.165) is 29.5 Å². The second-order valence-corrected chi connectivity index (χ2v) is 6.32. The van der Waals surface area contributed by atoms with Gasteiger partial charge in [0, 0.05) is 37.9 Å². The fourth-order valence-electron chi connectivity index (χ4n) is 2.74. The molecule has 0 bridgehead atoms. The Bertz CT molecular complexity index is 726. The van der Waals surface area contributed by atoms with E-state index in [1.807, 2.05) is 32.0 Å². The molecule has 0 spiro atoms. The number of guanidine groups is 1. The maximum absolute atomic E-state index is 5.70. The number of nitrogens with one attached hydrogen (secondary N) is 2. The summed E-state index contributed by atoms with van der Waals surface area (Å²) in [5.74, 6) is 3.35. The Hall–Kier alpha value is -2.57. The van der Waals surface area contributed by atoms with Crippen LogP contribution in [0.5, 0.6) is 5.75 Å². The lowest BCUT2D eigenvalue weighted by molar-refractivity contribution is 0.261. The molecule has 0 fully saturated rings. The first kappa shape index (κ1) is 17.3. The Morgan fingerprint density at radius 1 is 1.36 bits per heavy atom. The zero-order valence-corrected chi connectivity index (χ0v) is 15.0. The first-order chi connectivity index (χ1) is 12.2. The van der Waals surface area contributed by atoms with Crippen LogP contribution in [0.15, 0.2) is 33.8 Å². The van der Waals surface area contributed by atoms with E-state index in [1.54, 1.807) is 7.05 Å². The fraction of sp³-hybridized carbons (Fsp3) is 0.500. The first-order valence-electron chi connectivity index (χ1n) is 8.68. The number of rotatable bonds is 5. The van der Waals surface area contributed by atoms with Crippen LogP contribution in [0.25, 0.3) is 0 Å². The van der Waals surface area contributed by atoms with Gasteiger partial charge >= 0.3 is 0 Å². The van der Waals surface area contributed by atoms with Gasteiger partial charge < -0.3 is 19.9 Å². The van der Waals surface area contributed by atoms with Gasteiger partial charge in [0.1, 0.15) is 5.75 Å². The molecule has 0 saturated heterocycles. The molecular weight excluding hydrogens is 318 g/mol. The number of hydrogen-bond acceptors (Lipinski definition) is 5. The standard InChI is InChI=1S/C18H25N5O2/c1-12(2)17-22-16(25-23-17)8-10-20-18(19-3)21-14-9-11-24-15-7-5-4-6-13(14)15/h4-7,12,14H,8-11H2,1-3H3,(H2,19,20,21). The predicted molar refractivity (Wildman–Crippen MR) is 95.9 cm³/mol. The van der Waals surface area contributed by atoms with Gasteiger partial charge in [-0.3, -0.25) is 4.99 Å². The average Bonchev–Trinajstić information content (AvgIpc) is 3.10. The van der Waals surface area contributed by atoms with E-state index in [9.17, 15) is 0 Å². The smallest absolute Gasteiger partial charge is 0.228 e. The van der Waals surface area contributed by atoms with Crippen molar-refractivity contribution in [2.75, 3.05) is 20.2 Å². The summed E-state index contributed by atoms with van der Waals surface area (Å²) in [5.41, 5.74) is 1.16. The van der Waals surface area contributed by atoms with Gasteiger partial charge in [0.05, 0.1) is 12.6 Å². The third kappa shape index (κ3) is 4.29. The minimum absolute atomic E-state index is 0.187. The summed E-state index contributed by atoms with van der Waals surface area (Å²) in [6.45, 7) is 5.46. The molecule has 1 aliphatic rings. The van der Waals surface area contributed by atoms with Gasteiger partial charge in [-0.05, 0) is 6.07 Å². The highest BCUT2D eigenvalue weighted by Gasteiger charge is 2.21. The molecule has 25 heavy (non-hydrogen) atoms. The van der Waals surface area contributed by atoms with Gasteiger partial charge in [-0.2, -0.15) is 4.98 Å². The molecule has 1 aliphatic heterocycles. The summed E-state index contributed by atoms with van der Waals surface area (Å²) in [7, 11) is 1.77. The predicted octanol–water partition coefficient (Wildman–Crippen LogP) is 2.42. The molecule has 7 nitrogen and oxygen atoms in total. The van der Waals surface area contributed by atoms with Gasteiger partial charge in [0.15, 0.2) is 11.8 Å². The molecule has 1 unspecified atom stereocenters. The molecule has 2 aromatic rings. The lowest BCUT2D eigenvalue weighted by atomic mass is 10.0. The Morgan fingerprint density at radius 2 is 2.20 bits per heavy atom. The van der Waals surface area contributed by atoms with Crippen LogP contribution >= 0.6 is 0 Å². The summed E-state index contributed by atoms with van der Waals surface area (Å²) in [6.07, 6.45) is 1.56. The van der Waals surface area contributed by atoms with Crippen LogP contribution in [0.4, 0.5) is 0 Å². The molecule has 0 saturated carbocycles. The number of aromatic nitrogens is 2. The Balaban J connectivity index is 1.53. The van der Waals surface area contributed by atoms with E-state index in [2.05, 4.69) is 31.8 Å². The van der Waals surface area contributed by atoms with Crippen molar-refractivity contribution < 1.29 is 9.26 Å². The minimum Gasteiger partial charge on any atom is -0.493 e. The molecule has 0 radical (unpaired) electrons. The van der Waals surface area contributed by atoms with Gasteiger partial charge in [0.2, 0.25) is 5.89 Å². The summed E-state index contributed by atoms with van der Waals surface area (Å²) in [6, 6.07) is 8.30. The fourth-order valence-corrected chi connectivity index (χ4v) is 2.74. The summed E-state index contributed by atoms with van der Waals surface area (Å²) in [5, 5.41) is 10.7. The lowest BCUT2D eigenvalue weighted by Gasteiger charge is -2.28. The maximum atomic E-state index is 5.70. The summed E-state index contributed by atoms with van der Waals surface area (Å²) in [4.78, 5) is 8.69. The van der Waals surface area contributed by atoms with Crippen LogP contribution in [-0.4, -0.2) is 36.3 Å². The number of nitrogens with zero attached hydrogens (tertiary/aromatic N) is 3. The third-order valence-electron chi connectivity index (χ3n) is 4.12. The Labute approximate surface area is 147 Å². The van der Waals surface area contributed by atoms with Crippen molar-refractivity contribution in [1.82, 2.24) is 20.8 Å². The third-order valence-corrected chi connectivity index (χ3v) is 4.12. The zero-order chi connectivity index (χ0) is 17.6. The molecule has 1 aromatic carbocycles. The highest BCUT2D eigenvalue weighted by Crippen LogP contribution is 2.31. The highest BCUT2D eigenvalue weighted by atomic mass is 16.5. The van der Waals surface area contributed by atoms with Crippen molar-refractivity contribution >= 4 is 5.96 Å². The van der Waals surface area contributed by atoms with Crippen molar-refractivity contribution in [3.05, 3.63) is 41.5 Å². The van der Waals surface area contributed by atoms with E-state index in [-0.39, 0.29) is 12.0 Å². The number of ether oxygens (including phenoxy) is 1. The monoisotopic (exact) mass is 343 g/mol. The highest BCUT2D eigenvalue weighted by molar-refractivity contribution is 5.80. The molecular formula is C18H25N5O2. The van der Waals surface area contributed by atoms with Crippen molar-refractivity contribution in [1.29, 1.82) is 0 Å². The number of aliphatic imine (C=N–C) groups is 1. The SMILES string of the molecule is CN=C(NCCc1nc(C(C)C)no1)NC1CCOc2ccccc21. The first-order valence-corrected chi connectivity index (χ1v) is 8.68. The van der Waals surface area contributed by atoms with E-state index in [4.69, 9.17) is 9.26 Å². The molecule has 1 aromatic heterocycles. The molecule has 7 heteroatoms. The van der Waals surface area contributed by atoms with Crippen molar-refractivity contribution in [2.24, 2.45) is 4.99 Å². The van der Waals surface area contributed by atoms with Crippen LogP contribution in [0, 0.1) is 0 Å². The van der Waals surface area contributed by atoms with Gasteiger partial charge in [-0.15, -0.1) is 0 Å². The maximum Gasteiger partial charge on any atom is 0.228 e. The van der Waals surface area contributed by atoms with E-state index < -0.39 is 0 Å².